The Morgan fingerprint density at radius 2 is 0.586 bits per heavy atom. The molecule has 3 unspecified atom stereocenters. The second-order valence-electron chi connectivity index (χ2n) is 25.3. The molecule has 0 heterocycles. The Morgan fingerprint density at radius 1 is 0.333 bits per heavy atom. The van der Waals surface area contributed by atoms with Crippen LogP contribution in [-0.4, -0.2) is 96.7 Å². The van der Waals surface area contributed by atoms with E-state index in [4.69, 9.17) is 37.0 Å². The zero-order chi connectivity index (χ0) is 64.3. The Bertz CT molecular complexity index is 1700. The molecule has 516 valence electrons. The molecule has 6 atom stereocenters. The number of phosphoric ester groups is 2. The molecular weight excluding hydrogens is 1150 g/mol. The highest BCUT2D eigenvalue weighted by molar-refractivity contribution is 7.47. The molecule has 0 aromatic heterocycles. The minimum Gasteiger partial charge on any atom is -0.462 e. The van der Waals surface area contributed by atoms with Crippen LogP contribution in [0.25, 0.3) is 0 Å². The third-order valence-corrected chi connectivity index (χ3v) is 18.0. The predicted octanol–water partition coefficient (Wildman–Crippen LogP) is 19.2. The maximum absolute atomic E-state index is 13.0. The van der Waals surface area contributed by atoms with E-state index in [1.165, 1.54) is 154 Å². The van der Waals surface area contributed by atoms with Crippen molar-refractivity contribution in [2.75, 3.05) is 39.6 Å². The summed E-state index contributed by atoms with van der Waals surface area (Å²) in [7, 11) is -9.89. The average molecular weight is 1280 g/mol. The summed E-state index contributed by atoms with van der Waals surface area (Å²) in [5, 5.41) is 10.5. The number of unbranched alkanes of at least 4 members (excludes halogenated alkanes) is 36. The fourth-order valence-corrected chi connectivity index (χ4v) is 11.8. The Labute approximate surface area is 530 Å². The molecule has 3 N–H and O–H groups in total. The largest absolute Gasteiger partial charge is 0.472 e. The summed E-state index contributed by atoms with van der Waals surface area (Å²) in [5.74, 6) is -0.597. The highest BCUT2D eigenvalue weighted by Gasteiger charge is 2.30. The summed E-state index contributed by atoms with van der Waals surface area (Å²) in [6, 6.07) is 0. The van der Waals surface area contributed by atoms with Crippen LogP contribution in [-0.2, 0) is 65.4 Å². The smallest absolute Gasteiger partial charge is 0.462 e. The van der Waals surface area contributed by atoms with Crippen LogP contribution in [0.1, 0.15) is 343 Å². The Morgan fingerprint density at radius 3 is 0.874 bits per heavy atom. The Balaban J connectivity index is 5.16. The first-order valence-electron chi connectivity index (χ1n) is 35.5. The molecule has 87 heavy (non-hydrogen) atoms. The van der Waals surface area contributed by atoms with Crippen molar-refractivity contribution in [1.29, 1.82) is 0 Å². The van der Waals surface area contributed by atoms with Gasteiger partial charge in [0.05, 0.1) is 26.4 Å². The van der Waals surface area contributed by atoms with Gasteiger partial charge in [-0.25, -0.2) is 9.13 Å². The summed E-state index contributed by atoms with van der Waals surface area (Å²) >= 11 is 0. The van der Waals surface area contributed by atoms with Crippen LogP contribution in [0.3, 0.4) is 0 Å². The number of aliphatic hydroxyl groups excluding tert-OH is 1. The van der Waals surface area contributed by atoms with E-state index >= 15 is 0 Å². The second kappa shape index (κ2) is 60.3. The van der Waals surface area contributed by atoms with Crippen LogP contribution >= 0.6 is 15.6 Å². The maximum Gasteiger partial charge on any atom is 0.472 e. The number of carbonyl (C=O) groups excluding carboxylic acids is 4. The topological polar surface area (TPSA) is 237 Å². The summed E-state index contributed by atoms with van der Waals surface area (Å²) < 4.78 is 68.0. The lowest BCUT2D eigenvalue weighted by Gasteiger charge is -2.21. The van der Waals surface area contributed by atoms with Gasteiger partial charge in [-0.2, -0.15) is 0 Å². The van der Waals surface area contributed by atoms with Crippen molar-refractivity contribution in [2.45, 2.75) is 362 Å². The van der Waals surface area contributed by atoms with Gasteiger partial charge in [0.2, 0.25) is 0 Å². The van der Waals surface area contributed by atoms with E-state index < -0.39 is 97.5 Å². The summed E-state index contributed by atoms with van der Waals surface area (Å²) in [5.41, 5.74) is 0. The van der Waals surface area contributed by atoms with Gasteiger partial charge in [-0.1, -0.05) is 292 Å². The number of aliphatic hydroxyl groups is 1. The molecule has 0 aliphatic rings. The zero-order valence-electron chi connectivity index (χ0n) is 56.3. The fourth-order valence-electron chi connectivity index (χ4n) is 10.2. The quantitative estimate of drug-likeness (QED) is 0.0222. The van der Waals surface area contributed by atoms with Gasteiger partial charge in [0.1, 0.15) is 19.3 Å². The first-order chi connectivity index (χ1) is 41.9. The van der Waals surface area contributed by atoms with Gasteiger partial charge < -0.3 is 33.8 Å². The van der Waals surface area contributed by atoms with E-state index in [1.807, 2.05) is 0 Å². The van der Waals surface area contributed by atoms with Crippen molar-refractivity contribution < 1.29 is 80.2 Å². The van der Waals surface area contributed by atoms with E-state index in [9.17, 15) is 43.2 Å². The molecule has 0 aromatic carbocycles. The van der Waals surface area contributed by atoms with Crippen molar-refractivity contribution in [3.8, 4) is 0 Å². The van der Waals surface area contributed by atoms with Gasteiger partial charge in [0.25, 0.3) is 0 Å². The van der Waals surface area contributed by atoms with Crippen molar-refractivity contribution in [1.82, 2.24) is 0 Å². The zero-order valence-corrected chi connectivity index (χ0v) is 58.1. The number of esters is 4. The molecule has 0 saturated carbocycles. The second-order valence-corrected chi connectivity index (χ2v) is 28.2. The SMILES string of the molecule is CCCCCCCCCCCCCCCCC(=O)OC[C@H](COP(=O)(O)OC[C@@H](O)COP(=O)(O)OC[C@@H](COC(=O)CCCCCCC)OC(=O)CCCCCCCCCC(C)C)OC(=O)CCCCCCCCCCCCCCCCC(C)CC. The van der Waals surface area contributed by atoms with E-state index in [1.54, 1.807) is 0 Å². The monoisotopic (exact) mass is 1280 g/mol. The number of carbonyl (C=O) groups is 4. The lowest BCUT2D eigenvalue weighted by atomic mass is 9.99. The highest BCUT2D eigenvalue weighted by Crippen LogP contribution is 2.45. The van der Waals surface area contributed by atoms with E-state index in [0.717, 1.165) is 102 Å². The predicted molar refractivity (Wildman–Crippen MR) is 349 cm³/mol. The van der Waals surface area contributed by atoms with E-state index in [-0.39, 0.29) is 25.7 Å². The van der Waals surface area contributed by atoms with Crippen LogP contribution in [0, 0.1) is 11.8 Å². The lowest BCUT2D eigenvalue weighted by molar-refractivity contribution is -0.161. The molecule has 0 radical (unpaired) electrons. The molecule has 0 spiro atoms. The molecule has 0 fully saturated rings. The maximum atomic E-state index is 13.0. The van der Waals surface area contributed by atoms with E-state index in [0.29, 0.717) is 31.6 Å². The minimum absolute atomic E-state index is 0.103. The normalized spacial score (nSPS) is 14.5. The van der Waals surface area contributed by atoms with Crippen molar-refractivity contribution in [2.24, 2.45) is 11.8 Å². The van der Waals surface area contributed by atoms with Gasteiger partial charge in [0.15, 0.2) is 12.2 Å². The van der Waals surface area contributed by atoms with Gasteiger partial charge in [-0.05, 0) is 37.5 Å². The number of phosphoric acid groups is 2. The minimum atomic E-state index is -4.95. The number of rotatable bonds is 67. The molecule has 0 saturated heterocycles. The molecule has 0 rings (SSSR count). The fraction of sp³-hybridized carbons (Fsp3) is 0.941. The van der Waals surface area contributed by atoms with Crippen molar-refractivity contribution in [3.63, 3.8) is 0 Å². The summed E-state index contributed by atoms with van der Waals surface area (Å²) in [6.45, 7) is 9.43. The van der Waals surface area contributed by atoms with Gasteiger partial charge in [0, 0.05) is 25.7 Å². The molecular formula is C68H132O17P2. The number of ether oxygens (including phenoxy) is 4. The third-order valence-electron chi connectivity index (χ3n) is 16.1. The first-order valence-corrected chi connectivity index (χ1v) is 38.5. The lowest BCUT2D eigenvalue weighted by Crippen LogP contribution is -2.30. The molecule has 0 aliphatic heterocycles. The van der Waals surface area contributed by atoms with Crippen molar-refractivity contribution >= 4 is 39.5 Å². The van der Waals surface area contributed by atoms with Crippen LogP contribution < -0.4 is 0 Å². The Kier molecular flexibility index (Phi) is 59.0. The third kappa shape index (κ3) is 61.3. The first kappa shape index (κ1) is 85.1. The molecule has 0 aliphatic carbocycles. The van der Waals surface area contributed by atoms with Crippen LogP contribution in [0.5, 0.6) is 0 Å². The van der Waals surface area contributed by atoms with Gasteiger partial charge >= 0.3 is 39.5 Å². The average Bonchev–Trinajstić information content (AvgIpc) is 3.63. The standard InChI is InChI=1S/C68H132O17P2/c1-7-10-12-14-15-16-17-18-22-25-28-33-39-45-51-66(71)79-57-64(85-67(72)52-46-40-34-29-26-23-20-19-21-24-27-32-38-43-49-61(6)9-3)59-83-87(76,77)81-55-62(69)54-80-86(74,75)82-58-63(56-78-65(70)50-44-36-13-11-8-2)84-68(73)53-47-41-35-30-31-37-42-48-60(4)5/h60-64,69H,7-59H2,1-6H3,(H,74,75)(H,76,77)/t61?,62-,63+,64+/m0/s1. The van der Waals surface area contributed by atoms with E-state index in [2.05, 4.69) is 41.5 Å². The Hall–Kier alpha value is -1.94. The number of hydrogen-bond donors (Lipinski definition) is 3. The molecule has 0 amide bonds. The molecule has 0 aromatic rings. The molecule has 17 nitrogen and oxygen atoms in total. The van der Waals surface area contributed by atoms with Crippen LogP contribution in [0.4, 0.5) is 0 Å². The number of hydrogen-bond acceptors (Lipinski definition) is 15. The van der Waals surface area contributed by atoms with Crippen LogP contribution in [0.15, 0.2) is 0 Å². The molecule has 19 heteroatoms. The van der Waals surface area contributed by atoms with Gasteiger partial charge in [-0.15, -0.1) is 0 Å². The van der Waals surface area contributed by atoms with Crippen LogP contribution in [0.2, 0.25) is 0 Å². The van der Waals surface area contributed by atoms with Gasteiger partial charge in [-0.3, -0.25) is 37.3 Å². The van der Waals surface area contributed by atoms with Crippen molar-refractivity contribution in [3.05, 3.63) is 0 Å². The molecule has 0 bridgehead atoms. The summed E-state index contributed by atoms with van der Waals surface area (Å²) in [4.78, 5) is 72.1. The highest BCUT2D eigenvalue weighted by atomic mass is 31.2. The summed E-state index contributed by atoms with van der Waals surface area (Å²) in [6.07, 6.45) is 44.9.